The minimum atomic E-state index is -0.466. The van der Waals surface area contributed by atoms with E-state index in [-0.39, 0.29) is 17.5 Å². The fraction of sp³-hybridized carbons (Fsp3) is 0.667. The minimum absolute atomic E-state index is 0.253. The number of carbonyl (C=O) groups is 3. The van der Waals surface area contributed by atoms with Crippen molar-refractivity contribution in [2.45, 2.75) is 92.9 Å². The number of aromatic nitrogens is 1. The van der Waals surface area contributed by atoms with Crippen molar-refractivity contribution in [2.24, 2.45) is 11.3 Å². The number of rotatable bonds is 12. The zero-order valence-electron chi connectivity index (χ0n) is 18.7. The number of nitrogens with zero attached hydrogens (tertiary/aromatic N) is 1. The van der Waals surface area contributed by atoms with Crippen molar-refractivity contribution in [1.29, 1.82) is 0 Å². The van der Waals surface area contributed by atoms with Crippen molar-refractivity contribution in [3.8, 4) is 0 Å². The van der Waals surface area contributed by atoms with E-state index in [9.17, 15) is 14.4 Å². The number of ketones is 3. The summed E-state index contributed by atoms with van der Waals surface area (Å²) in [6.07, 6.45) is 11.7. The maximum atomic E-state index is 11.8. The average molecular weight is 390 g/mol. The van der Waals surface area contributed by atoms with E-state index < -0.39 is 5.41 Å². The summed E-state index contributed by atoms with van der Waals surface area (Å²) < 4.78 is 0. The topological polar surface area (TPSA) is 64.1 Å². The second-order valence-corrected chi connectivity index (χ2v) is 8.20. The number of hydrogen-bond acceptors (Lipinski definition) is 4. The molecular formula is C24H39NO3. The Balaban J connectivity index is 0.000000621. The molecule has 0 saturated heterocycles. The largest absolute Gasteiger partial charge is 0.299 e. The van der Waals surface area contributed by atoms with Crippen molar-refractivity contribution in [3.63, 3.8) is 0 Å². The molecule has 0 radical (unpaired) electrons. The molecule has 1 aromatic heterocycles. The van der Waals surface area contributed by atoms with E-state index in [4.69, 9.17) is 0 Å². The van der Waals surface area contributed by atoms with Gasteiger partial charge in [0.15, 0.2) is 5.78 Å². The summed E-state index contributed by atoms with van der Waals surface area (Å²) in [7, 11) is 0. The molecule has 0 N–H and O–H groups in total. The highest BCUT2D eigenvalue weighted by Gasteiger charge is 2.28. The molecule has 0 amide bonds. The van der Waals surface area contributed by atoms with Crippen LogP contribution in [0.3, 0.4) is 0 Å². The lowest BCUT2D eigenvalue weighted by Crippen LogP contribution is -2.28. The lowest BCUT2D eigenvalue weighted by molar-refractivity contribution is -0.140. The minimum Gasteiger partial charge on any atom is -0.299 e. The molecule has 1 unspecified atom stereocenters. The SMILES string of the molecule is CCC(C)(C)C(=O)C(C)=O.CCCCC(C)C(=O)CCCCc1cccnc1. The van der Waals surface area contributed by atoms with Gasteiger partial charge in [0.25, 0.3) is 0 Å². The smallest absolute Gasteiger partial charge is 0.203 e. The Kier molecular flexibility index (Phi) is 13.3. The van der Waals surface area contributed by atoms with Gasteiger partial charge >= 0.3 is 0 Å². The molecule has 0 bridgehead atoms. The molecule has 0 aliphatic heterocycles. The van der Waals surface area contributed by atoms with E-state index in [1.54, 1.807) is 20.0 Å². The summed E-state index contributed by atoms with van der Waals surface area (Å²) >= 11 is 0. The van der Waals surface area contributed by atoms with E-state index in [1.165, 1.54) is 25.3 Å². The van der Waals surface area contributed by atoms with Crippen LogP contribution in [0.4, 0.5) is 0 Å². The summed E-state index contributed by atoms with van der Waals surface area (Å²) in [5.41, 5.74) is 0.801. The zero-order valence-corrected chi connectivity index (χ0v) is 18.7. The van der Waals surface area contributed by atoms with Gasteiger partial charge < -0.3 is 0 Å². The highest BCUT2D eigenvalue weighted by molar-refractivity contribution is 6.38. The molecule has 0 aliphatic carbocycles. The van der Waals surface area contributed by atoms with Crippen LogP contribution in [0.5, 0.6) is 0 Å². The van der Waals surface area contributed by atoms with Crippen LogP contribution in [0, 0.1) is 11.3 Å². The predicted octanol–water partition coefficient (Wildman–Crippen LogP) is 5.77. The van der Waals surface area contributed by atoms with E-state index in [1.807, 2.05) is 19.2 Å². The lowest BCUT2D eigenvalue weighted by Gasteiger charge is -2.18. The third kappa shape index (κ3) is 11.1. The quantitative estimate of drug-likeness (QED) is 0.336. The van der Waals surface area contributed by atoms with Crippen LogP contribution in [-0.2, 0) is 20.8 Å². The fourth-order valence-corrected chi connectivity index (χ4v) is 2.73. The van der Waals surface area contributed by atoms with Gasteiger partial charge in [0.05, 0.1) is 0 Å². The number of carbonyl (C=O) groups excluding carboxylic acids is 3. The molecule has 0 spiro atoms. The van der Waals surface area contributed by atoms with Crippen LogP contribution in [0.2, 0.25) is 0 Å². The van der Waals surface area contributed by atoms with Crippen molar-refractivity contribution in [2.75, 3.05) is 0 Å². The van der Waals surface area contributed by atoms with Crippen molar-refractivity contribution in [3.05, 3.63) is 30.1 Å². The highest BCUT2D eigenvalue weighted by atomic mass is 16.2. The summed E-state index contributed by atoms with van der Waals surface area (Å²) in [5.74, 6) is 0.0832. The molecule has 4 nitrogen and oxygen atoms in total. The molecule has 4 heteroatoms. The Bertz CT molecular complexity index is 593. The third-order valence-corrected chi connectivity index (χ3v) is 5.22. The van der Waals surface area contributed by atoms with E-state index >= 15 is 0 Å². The molecule has 1 rings (SSSR count). The molecule has 0 fully saturated rings. The summed E-state index contributed by atoms with van der Waals surface area (Å²) in [6.45, 7) is 11.0. The molecule has 0 aromatic carbocycles. The van der Waals surface area contributed by atoms with Gasteiger partial charge in [0.1, 0.15) is 5.78 Å². The molecule has 1 atom stereocenters. The van der Waals surface area contributed by atoms with Gasteiger partial charge in [-0.15, -0.1) is 0 Å². The summed E-state index contributed by atoms with van der Waals surface area (Å²) in [5, 5.41) is 0. The molecule has 0 aliphatic rings. The number of aryl methyl sites for hydroxylation is 1. The van der Waals surface area contributed by atoms with Crippen molar-refractivity contribution < 1.29 is 14.4 Å². The van der Waals surface area contributed by atoms with E-state index in [0.717, 1.165) is 32.1 Å². The average Bonchev–Trinajstić information content (AvgIpc) is 2.69. The number of hydrogen-bond donors (Lipinski definition) is 0. The van der Waals surface area contributed by atoms with Crippen LogP contribution < -0.4 is 0 Å². The van der Waals surface area contributed by atoms with Crippen LogP contribution >= 0.6 is 0 Å². The fourth-order valence-electron chi connectivity index (χ4n) is 2.73. The first-order valence-electron chi connectivity index (χ1n) is 10.6. The first-order chi connectivity index (χ1) is 13.2. The van der Waals surface area contributed by atoms with Crippen LogP contribution in [0.15, 0.2) is 24.5 Å². The highest BCUT2D eigenvalue weighted by Crippen LogP contribution is 2.20. The first-order valence-corrected chi connectivity index (χ1v) is 10.6. The van der Waals surface area contributed by atoms with Gasteiger partial charge in [-0.1, -0.05) is 53.5 Å². The van der Waals surface area contributed by atoms with Crippen molar-refractivity contribution >= 4 is 17.3 Å². The second-order valence-electron chi connectivity index (χ2n) is 8.20. The molecule has 158 valence electrons. The monoisotopic (exact) mass is 389 g/mol. The van der Waals surface area contributed by atoms with Crippen molar-refractivity contribution in [1.82, 2.24) is 4.98 Å². The van der Waals surface area contributed by atoms with Crippen LogP contribution in [0.25, 0.3) is 0 Å². The third-order valence-electron chi connectivity index (χ3n) is 5.22. The number of Topliss-reactive ketones (excluding diaryl/α,β-unsaturated/α-hetero) is 3. The van der Waals surface area contributed by atoms with E-state index in [2.05, 4.69) is 24.9 Å². The zero-order chi connectivity index (χ0) is 21.6. The Hall–Kier alpha value is -1.84. The van der Waals surface area contributed by atoms with Gasteiger partial charge in [-0.25, -0.2) is 0 Å². The van der Waals surface area contributed by atoms with Gasteiger partial charge in [-0.2, -0.15) is 0 Å². The first kappa shape index (κ1) is 26.2. The number of unbranched alkanes of at least 4 members (excludes halogenated alkanes) is 2. The normalized spacial score (nSPS) is 11.9. The lowest BCUT2D eigenvalue weighted by atomic mass is 9.84. The van der Waals surface area contributed by atoms with Gasteiger partial charge in [-0.3, -0.25) is 19.4 Å². The predicted molar refractivity (Wildman–Crippen MR) is 115 cm³/mol. The van der Waals surface area contributed by atoms with Gasteiger partial charge in [0, 0.05) is 37.1 Å². The van der Waals surface area contributed by atoms with Gasteiger partial charge in [0.2, 0.25) is 5.78 Å². The Labute approximate surface area is 171 Å². The standard InChI is InChI=1S/C16H25NO.C8H14O2/c1-3-4-8-14(2)16(18)11-6-5-9-15-10-7-12-17-13-15;1-5-8(3,4)7(10)6(2)9/h7,10,12-14H,3-6,8-9,11H2,1-2H3;5H2,1-4H3. The Morgan fingerprint density at radius 2 is 1.79 bits per heavy atom. The molecule has 1 aromatic rings. The van der Waals surface area contributed by atoms with E-state index in [0.29, 0.717) is 12.2 Å². The van der Waals surface area contributed by atoms with Crippen LogP contribution in [0.1, 0.15) is 92.1 Å². The molecular weight excluding hydrogens is 350 g/mol. The maximum absolute atomic E-state index is 11.8. The number of pyridine rings is 1. The van der Waals surface area contributed by atoms with Crippen LogP contribution in [-0.4, -0.2) is 22.3 Å². The Morgan fingerprint density at radius 1 is 1.11 bits per heavy atom. The summed E-state index contributed by atoms with van der Waals surface area (Å²) in [6, 6.07) is 4.06. The molecule has 1 heterocycles. The maximum Gasteiger partial charge on any atom is 0.203 e. The molecule has 0 saturated carbocycles. The Morgan fingerprint density at radius 3 is 2.25 bits per heavy atom. The summed E-state index contributed by atoms with van der Waals surface area (Å²) in [4.78, 5) is 37.6. The van der Waals surface area contributed by atoms with Gasteiger partial charge in [-0.05, 0) is 43.7 Å². The second kappa shape index (κ2) is 14.2. The molecule has 28 heavy (non-hydrogen) atoms.